The van der Waals surface area contributed by atoms with Crippen molar-refractivity contribution in [1.82, 2.24) is 0 Å². The molecule has 0 amide bonds. The Morgan fingerprint density at radius 3 is 2.32 bits per heavy atom. The third kappa shape index (κ3) is 2.51. The molecule has 0 spiro atoms. The first-order valence-electron chi connectivity index (χ1n) is 10.0. The van der Waals surface area contributed by atoms with E-state index in [4.69, 9.17) is 0 Å². The number of rotatable bonds is 2. The van der Waals surface area contributed by atoms with Crippen molar-refractivity contribution in [3.05, 3.63) is 90.0 Å². The lowest BCUT2D eigenvalue weighted by Crippen LogP contribution is -2.32. The van der Waals surface area contributed by atoms with Crippen molar-refractivity contribution in [1.29, 1.82) is 0 Å². The Kier molecular flexibility index (Phi) is 3.91. The van der Waals surface area contributed by atoms with Crippen LogP contribution in [0.4, 0.5) is 0 Å². The van der Waals surface area contributed by atoms with Crippen molar-refractivity contribution in [3.8, 4) is 11.3 Å². The second-order valence-corrected chi connectivity index (χ2v) is 7.65. The van der Waals surface area contributed by atoms with Gasteiger partial charge in [0.2, 0.25) is 11.2 Å². The maximum atomic E-state index is 2.34. The fraction of sp³-hybridized carbons (Fsp3) is 0.148. The van der Waals surface area contributed by atoms with Crippen LogP contribution in [0.2, 0.25) is 0 Å². The lowest BCUT2D eigenvalue weighted by atomic mass is 9.93. The summed E-state index contributed by atoms with van der Waals surface area (Å²) in [6, 6.07) is 29.0. The van der Waals surface area contributed by atoms with Gasteiger partial charge in [0.25, 0.3) is 0 Å². The van der Waals surface area contributed by atoms with Gasteiger partial charge in [0.05, 0.1) is 0 Å². The number of hydrogen-bond donors (Lipinski definition) is 0. The quantitative estimate of drug-likeness (QED) is 0.249. The maximum Gasteiger partial charge on any atom is 0.213 e. The number of nitrogens with zero attached hydrogens (tertiary/aromatic N) is 1. The third-order valence-electron chi connectivity index (χ3n) is 6.09. The molecule has 0 N–H and O–H groups in total. The van der Waals surface area contributed by atoms with E-state index in [0.29, 0.717) is 0 Å². The molecule has 1 aromatic heterocycles. The van der Waals surface area contributed by atoms with Crippen molar-refractivity contribution in [2.75, 3.05) is 0 Å². The zero-order valence-corrected chi connectivity index (χ0v) is 16.7. The molecule has 0 aliphatic heterocycles. The fourth-order valence-corrected chi connectivity index (χ4v) is 4.48. The Hall–Kier alpha value is -3.19. The van der Waals surface area contributed by atoms with Crippen LogP contribution >= 0.6 is 0 Å². The van der Waals surface area contributed by atoms with Gasteiger partial charge in [-0.25, -0.2) is 0 Å². The van der Waals surface area contributed by atoms with Gasteiger partial charge in [-0.2, -0.15) is 4.57 Å². The summed E-state index contributed by atoms with van der Waals surface area (Å²) in [6.07, 6.45) is 1.06. The smallest absolute Gasteiger partial charge is 0.194 e. The summed E-state index contributed by atoms with van der Waals surface area (Å²) in [7, 11) is 2.18. The molecule has 0 radical (unpaired) electrons. The molecule has 1 heterocycles. The summed E-state index contributed by atoms with van der Waals surface area (Å²) in [4.78, 5) is 0. The van der Waals surface area contributed by atoms with Crippen molar-refractivity contribution >= 4 is 32.4 Å². The summed E-state index contributed by atoms with van der Waals surface area (Å²) < 4.78 is 2.34. The molecular weight excluding hydrogens is 338 g/mol. The Balaban J connectivity index is 1.83. The van der Waals surface area contributed by atoms with Crippen LogP contribution in [0.25, 0.3) is 43.7 Å². The van der Waals surface area contributed by atoms with Crippen LogP contribution in [0.5, 0.6) is 0 Å². The summed E-state index contributed by atoms with van der Waals surface area (Å²) in [5, 5.41) is 6.57. The normalized spacial score (nSPS) is 11.5. The lowest BCUT2D eigenvalue weighted by molar-refractivity contribution is -0.633. The predicted octanol–water partition coefficient (Wildman–Crippen LogP) is 6.51. The highest BCUT2D eigenvalue weighted by Gasteiger charge is 2.18. The highest BCUT2D eigenvalue weighted by atomic mass is 14.9. The van der Waals surface area contributed by atoms with Crippen molar-refractivity contribution in [2.24, 2.45) is 7.05 Å². The molecule has 0 saturated carbocycles. The van der Waals surface area contributed by atoms with E-state index in [1.54, 1.807) is 0 Å². The minimum Gasteiger partial charge on any atom is -0.194 e. The molecule has 0 saturated heterocycles. The highest BCUT2D eigenvalue weighted by molar-refractivity contribution is 6.10. The molecule has 5 rings (SSSR count). The summed E-state index contributed by atoms with van der Waals surface area (Å²) in [6.45, 7) is 4.47. The standard InChI is InChI=1S/C27H24N/c1-4-19-9-10-21-14-16-25(28(3)26(21)17-19)23-15-13-22-12-11-20-7-5-6-8-24(20)27(22)18(23)2/h5-17H,4H2,1-3H3/q+1. The van der Waals surface area contributed by atoms with Crippen LogP contribution in [0.3, 0.4) is 0 Å². The van der Waals surface area contributed by atoms with Gasteiger partial charge in [0.1, 0.15) is 7.05 Å². The van der Waals surface area contributed by atoms with E-state index in [1.807, 2.05) is 0 Å². The predicted molar refractivity (Wildman–Crippen MR) is 120 cm³/mol. The molecule has 0 unspecified atom stereocenters. The van der Waals surface area contributed by atoms with E-state index in [2.05, 4.69) is 104 Å². The van der Waals surface area contributed by atoms with Crippen LogP contribution in [0.15, 0.2) is 78.9 Å². The second-order valence-electron chi connectivity index (χ2n) is 7.65. The highest BCUT2D eigenvalue weighted by Crippen LogP contribution is 2.33. The molecule has 0 fully saturated rings. The van der Waals surface area contributed by atoms with Crippen molar-refractivity contribution in [3.63, 3.8) is 0 Å². The van der Waals surface area contributed by atoms with Gasteiger partial charge in [0, 0.05) is 23.1 Å². The van der Waals surface area contributed by atoms with Gasteiger partial charge in [-0.1, -0.05) is 55.5 Å². The molecular formula is C27H24N+. The van der Waals surface area contributed by atoms with Gasteiger partial charge in [-0.05, 0) is 64.2 Å². The molecule has 1 heteroatoms. The number of hydrogen-bond acceptors (Lipinski definition) is 0. The van der Waals surface area contributed by atoms with E-state index >= 15 is 0 Å². The van der Waals surface area contributed by atoms with Gasteiger partial charge in [-0.3, -0.25) is 0 Å². The first-order valence-corrected chi connectivity index (χ1v) is 10.0. The fourth-order valence-electron chi connectivity index (χ4n) is 4.48. The number of benzene rings is 4. The van der Waals surface area contributed by atoms with Crippen LogP contribution < -0.4 is 4.57 Å². The third-order valence-corrected chi connectivity index (χ3v) is 6.09. The van der Waals surface area contributed by atoms with E-state index in [-0.39, 0.29) is 0 Å². The first kappa shape index (κ1) is 16.9. The minimum atomic E-state index is 1.06. The van der Waals surface area contributed by atoms with Crippen LogP contribution in [0.1, 0.15) is 18.1 Å². The molecule has 0 aliphatic carbocycles. The summed E-state index contributed by atoms with van der Waals surface area (Å²) in [5.41, 5.74) is 6.56. The Bertz CT molecular complexity index is 1360. The molecule has 5 aromatic rings. The number of aromatic nitrogens is 1. The SMILES string of the molecule is CCc1ccc2ccc(-c3ccc4ccc5ccccc5c4c3C)[n+](C)c2c1. The zero-order chi connectivity index (χ0) is 19.3. The maximum absolute atomic E-state index is 2.34. The van der Waals surface area contributed by atoms with Crippen LogP contribution in [-0.2, 0) is 13.5 Å². The van der Waals surface area contributed by atoms with Crippen molar-refractivity contribution in [2.45, 2.75) is 20.3 Å². The lowest BCUT2D eigenvalue weighted by Gasteiger charge is -2.12. The largest absolute Gasteiger partial charge is 0.213 e. The molecule has 4 aromatic carbocycles. The van der Waals surface area contributed by atoms with Crippen LogP contribution in [-0.4, -0.2) is 0 Å². The van der Waals surface area contributed by atoms with Crippen LogP contribution in [0, 0.1) is 6.92 Å². The van der Waals surface area contributed by atoms with E-state index < -0.39 is 0 Å². The van der Waals surface area contributed by atoms with Gasteiger partial charge < -0.3 is 0 Å². The number of aryl methyl sites for hydroxylation is 3. The molecule has 1 nitrogen and oxygen atoms in total. The molecule has 28 heavy (non-hydrogen) atoms. The average Bonchev–Trinajstić information content (AvgIpc) is 2.74. The zero-order valence-electron chi connectivity index (χ0n) is 16.7. The van der Waals surface area contributed by atoms with Gasteiger partial charge in [-0.15, -0.1) is 0 Å². The topological polar surface area (TPSA) is 3.88 Å². The monoisotopic (exact) mass is 362 g/mol. The number of fused-ring (bicyclic) bond motifs is 4. The number of pyridine rings is 1. The molecule has 0 aliphatic rings. The average molecular weight is 362 g/mol. The Morgan fingerprint density at radius 1 is 0.750 bits per heavy atom. The Morgan fingerprint density at radius 2 is 1.46 bits per heavy atom. The van der Waals surface area contributed by atoms with Gasteiger partial charge >= 0.3 is 0 Å². The molecule has 0 atom stereocenters. The first-order chi connectivity index (χ1) is 13.7. The van der Waals surface area contributed by atoms with Crippen molar-refractivity contribution < 1.29 is 4.57 Å². The molecule has 0 bridgehead atoms. The van der Waals surface area contributed by atoms with E-state index in [9.17, 15) is 0 Å². The van der Waals surface area contributed by atoms with E-state index in [1.165, 1.54) is 54.8 Å². The minimum absolute atomic E-state index is 1.06. The summed E-state index contributed by atoms with van der Waals surface area (Å²) >= 11 is 0. The second kappa shape index (κ2) is 6.45. The van der Waals surface area contributed by atoms with Gasteiger partial charge in [0.15, 0.2) is 0 Å². The Labute approximate surface area is 165 Å². The molecule has 136 valence electrons. The summed E-state index contributed by atoms with van der Waals surface area (Å²) in [5.74, 6) is 0. The van der Waals surface area contributed by atoms with E-state index in [0.717, 1.165) is 6.42 Å².